The standard InChI is InChI=1S/C20H18F3N3O4/c1-28-11-18-25-16-9-12(5-6-17(16)29-18)24-15-7-8-26(19(15)27)13-3-2-4-14(10-13)30-20(21,22)23/h2-6,9-10,15,24H,7-8,11H2,1H3. The number of carbonyl (C=O) groups is 1. The van der Waals surface area contributed by atoms with E-state index in [9.17, 15) is 18.0 Å². The van der Waals surface area contributed by atoms with Gasteiger partial charge in [-0.05, 0) is 36.8 Å². The molecule has 1 unspecified atom stereocenters. The number of hydrogen-bond donors (Lipinski definition) is 1. The summed E-state index contributed by atoms with van der Waals surface area (Å²) in [6.45, 7) is 0.626. The molecule has 1 atom stereocenters. The van der Waals surface area contributed by atoms with Crippen LogP contribution in [0.2, 0.25) is 0 Å². The van der Waals surface area contributed by atoms with E-state index < -0.39 is 12.4 Å². The largest absolute Gasteiger partial charge is 0.573 e. The van der Waals surface area contributed by atoms with Crippen LogP contribution in [0.3, 0.4) is 0 Å². The first-order valence-electron chi connectivity index (χ1n) is 9.14. The second-order valence-corrected chi connectivity index (χ2v) is 6.74. The quantitative estimate of drug-likeness (QED) is 0.646. The fourth-order valence-electron chi connectivity index (χ4n) is 3.37. The molecule has 1 aromatic heterocycles. The van der Waals surface area contributed by atoms with Gasteiger partial charge in [0.05, 0.1) is 0 Å². The molecule has 0 spiro atoms. The average molecular weight is 421 g/mol. The first-order valence-corrected chi connectivity index (χ1v) is 9.14. The van der Waals surface area contributed by atoms with Crippen LogP contribution in [0.4, 0.5) is 24.5 Å². The van der Waals surface area contributed by atoms with Gasteiger partial charge in [-0.3, -0.25) is 4.79 Å². The van der Waals surface area contributed by atoms with E-state index >= 15 is 0 Å². The summed E-state index contributed by atoms with van der Waals surface area (Å²) in [6, 6.07) is 10.2. The number of benzene rings is 2. The monoisotopic (exact) mass is 421 g/mol. The summed E-state index contributed by atoms with van der Waals surface area (Å²) in [5.74, 6) is -0.152. The number of alkyl halides is 3. The van der Waals surface area contributed by atoms with Crippen molar-refractivity contribution in [1.82, 2.24) is 4.98 Å². The van der Waals surface area contributed by atoms with Crippen molar-refractivity contribution in [2.24, 2.45) is 0 Å². The predicted octanol–water partition coefficient (Wildman–Crippen LogP) is 4.09. The first-order chi connectivity index (χ1) is 14.3. The Morgan fingerprint density at radius 3 is 2.87 bits per heavy atom. The van der Waals surface area contributed by atoms with Crippen LogP contribution in [0.5, 0.6) is 5.75 Å². The lowest BCUT2D eigenvalue weighted by Gasteiger charge is -2.19. The average Bonchev–Trinajstić information content (AvgIpc) is 3.24. The van der Waals surface area contributed by atoms with E-state index in [4.69, 9.17) is 9.15 Å². The number of carbonyl (C=O) groups excluding carboxylic acids is 1. The Hall–Kier alpha value is -3.27. The van der Waals surface area contributed by atoms with E-state index in [0.29, 0.717) is 41.3 Å². The van der Waals surface area contributed by atoms with Crippen LogP contribution >= 0.6 is 0 Å². The number of methoxy groups -OCH3 is 1. The highest BCUT2D eigenvalue weighted by molar-refractivity contribution is 6.01. The van der Waals surface area contributed by atoms with Gasteiger partial charge in [-0.1, -0.05) is 6.07 Å². The molecule has 2 heterocycles. The highest BCUT2D eigenvalue weighted by Gasteiger charge is 2.34. The topological polar surface area (TPSA) is 76.8 Å². The number of halogens is 3. The molecule has 0 radical (unpaired) electrons. The van der Waals surface area contributed by atoms with Crippen LogP contribution < -0.4 is 15.0 Å². The lowest BCUT2D eigenvalue weighted by molar-refractivity contribution is -0.274. The van der Waals surface area contributed by atoms with Crippen LogP contribution in [0, 0.1) is 0 Å². The fourth-order valence-corrected chi connectivity index (χ4v) is 3.37. The molecular weight excluding hydrogens is 403 g/mol. The van der Waals surface area contributed by atoms with Gasteiger partial charge in [-0.25, -0.2) is 4.98 Å². The zero-order chi connectivity index (χ0) is 21.3. The fraction of sp³-hybridized carbons (Fsp3) is 0.300. The third kappa shape index (κ3) is 4.33. The molecule has 1 N–H and O–H groups in total. The van der Waals surface area contributed by atoms with Gasteiger partial charge in [0.1, 0.15) is 23.9 Å². The summed E-state index contributed by atoms with van der Waals surface area (Å²) in [5, 5.41) is 3.16. The Bertz CT molecular complexity index is 1070. The smallest absolute Gasteiger partial charge is 0.438 e. The molecule has 0 aliphatic carbocycles. The number of ether oxygens (including phenoxy) is 2. The van der Waals surface area contributed by atoms with E-state index in [1.165, 1.54) is 23.1 Å². The Morgan fingerprint density at radius 1 is 1.27 bits per heavy atom. The summed E-state index contributed by atoms with van der Waals surface area (Å²) in [7, 11) is 1.55. The van der Waals surface area contributed by atoms with Crippen LogP contribution in [0.25, 0.3) is 11.1 Å². The van der Waals surface area contributed by atoms with Crippen LogP contribution in [0.1, 0.15) is 12.3 Å². The van der Waals surface area contributed by atoms with Crippen molar-refractivity contribution >= 4 is 28.4 Å². The minimum Gasteiger partial charge on any atom is -0.438 e. The van der Waals surface area contributed by atoms with Gasteiger partial charge in [0.15, 0.2) is 5.58 Å². The molecule has 7 nitrogen and oxygen atoms in total. The minimum atomic E-state index is -4.79. The molecule has 158 valence electrons. The molecule has 1 saturated heterocycles. The van der Waals surface area contributed by atoms with Crippen molar-refractivity contribution < 1.29 is 31.9 Å². The van der Waals surface area contributed by atoms with Crippen molar-refractivity contribution in [3.8, 4) is 5.75 Å². The summed E-state index contributed by atoms with van der Waals surface area (Å²) < 4.78 is 51.9. The maximum Gasteiger partial charge on any atom is 0.573 e. The van der Waals surface area contributed by atoms with E-state index in [0.717, 1.165) is 0 Å². The SMILES string of the molecule is COCc1nc2cc(NC3CCN(c4cccc(OC(F)(F)F)c4)C3=O)ccc2o1. The lowest BCUT2D eigenvalue weighted by atomic mass is 10.2. The Kier molecular flexibility index (Phi) is 5.25. The molecule has 1 aliphatic heterocycles. The van der Waals surface area contributed by atoms with E-state index in [-0.39, 0.29) is 18.3 Å². The summed E-state index contributed by atoms with van der Waals surface area (Å²) >= 11 is 0. The normalized spacial score (nSPS) is 17.0. The minimum absolute atomic E-state index is 0.237. The van der Waals surface area contributed by atoms with Crippen LogP contribution in [-0.2, 0) is 16.1 Å². The number of nitrogens with one attached hydrogen (secondary N) is 1. The molecule has 2 aromatic carbocycles. The Labute approximate surface area is 169 Å². The van der Waals surface area contributed by atoms with E-state index in [2.05, 4.69) is 15.0 Å². The van der Waals surface area contributed by atoms with Gasteiger partial charge < -0.3 is 24.1 Å². The van der Waals surface area contributed by atoms with Crippen molar-refractivity contribution in [3.63, 3.8) is 0 Å². The van der Waals surface area contributed by atoms with Crippen molar-refractivity contribution in [3.05, 3.63) is 48.4 Å². The summed E-state index contributed by atoms with van der Waals surface area (Å²) in [6.07, 6.45) is -4.30. The third-order valence-corrected chi connectivity index (χ3v) is 4.61. The molecular formula is C20H18F3N3O4. The van der Waals surface area contributed by atoms with E-state index in [1.54, 1.807) is 31.4 Å². The zero-order valence-electron chi connectivity index (χ0n) is 15.9. The second kappa shape index (κ2) is 7.86. The molecule has 1 amide bonds. The highest BCUT2D eigenvalue weighted by atomic mass is 19.4. The number of nitrogens with zero attached hydrogens (tertiary/aromatic N) is 2. The van der Waals surface area contributed by atoms with Gasteiger partial charge in [0.2, 0.25) is 11.8 Å². The number of oxazole rings is 1. The molecule has 1 fully saturated rings. The maximum absolute atomic E-state index is 12.8. The number of aromatic nitrogens is 1. The molecule has 3 aromatic rings. The first kappa shape index (κ1) is 20.0. The molecule has 30 heavy (non-hydrogen) atoms. The maximum atomic E-state index is 12.8. The number of amides is 1. The molecule has 4 rings (SSSR count). The highest BCUT2D eigenvalue weighted by Crippen LogP contribution is 2.30. The zero-order valence-corrected chi connectivity index (χ0v) is 15.9. The molecule has 10 heteroatoms. The number of rotatable bonds is 6. The molecule has 0 bridgehead atoms. The number of fused-ring (bicyclic) bond motifs is 1. The number of hydrogen-bond acceptors (Lipinski definition) is 6. The predicted molar refractivity (Wildman–Crippen MR) is 102 cm³/mol. The molecule has 1 aliphatic rings. The van der Waals surface area contributed by atoms with Crippen molar-refractivity contribution in [2.45, 2.75) is 25.4 Å². The van der Waals surface area contributed by atoms with Gasteiger partial charge in [-0.15, -0.1) is 13.2 Å². The molecule has 0 saturated carbocycles. The van der Waals surface area contributed by atoms with Crippen LogP contribution in [0.15, 0.2) is 46.9 Å². The van der Waals surface area contributed by atoms with Crippen molar-refractivity contribution in [2.75, 3.05) is 23.9 Å². The van der Waals surface area contributed by atoms with Gasteiger partial charge in [-0.2, -0.15) is 0 Å². The Morgan fingerprint density at radius 2 is 2.10 bits per heavy atom. The summed E-state index contributed by atoms with van der Waals surface area (Å²) in [4.78, 5) is 18.6. The third-order valence-electron chi connectivity index (χ3n) is 4.61. The van der Waals surface area contributed by atoms with Gasteiger partial charge in [0, 0.05) is 31.1 Å². The van der Waals surface area contributed by atoms with E-state index in [1.807, 2.05) is 0 Å². The van der Waals surface area contributed by atoms with Gasteiger partial charge in [0.25, 0.3) is 0 Å². The van der Waals surface area contributed by atoms with Crippen molar-refractivity contribution in [1.29, 1.82) is 0 Å². The van der Waals surface area contributed by atoms with Crippen LogP contribution in [-0.4, -0.2) is 36.9 Å². The second-order valence-electron chi connectivity index (χ2n) is 6.74. The Balaban J connectivity index is 1.47. The summed E-state index contributed by atoms with van der Waals surface area (Å²) in [5.41, 5.74) is 2.27. The number of anilines is 2. The lowest BCUT2D eigenvalue weighted by Crippen LogP contribution is -2.33. The van der Waals surface area contributed by atoms with Gasteiger partial charge >= 0.3 is 6.36 Å².